The van der Waals surface area contributed by atoms with Gasteiger partial charge in [-0.2, -0.15) is 5.10 Å². The summed E-state index contributed by atoms with van der Waals surface area (Å²) in [5.41, 5.74) is 5.82. The lowest BCUT2D eigenvalue weighted by molar-refractivity contribution is -0.150. The molecule has 2 rings (SSSR count). The highest BCUT2D eigenvalue weighted by Gasteiger charge is 2.38. The summed E-state index contributed by atoms with van der Waals surface area (Å²) >= 11 is 2.16. The average Bonchev–Trinajstić information content (AvgIpc) is 2.85. The van der Waals surface area contributed by atoms with Gasteiger partial charge >= 0.3 is 5.97 Å². The number of aromatic nitrogens is 2. The van der Waals surface area contributed by atoms with Crippen molar-refractivity contribution in [2.45, 2.75) is 19.0 Å². The van der Waals surface area contributed by atoms with Crippen LogP contribution in [0.2, 0.25) is 0 Å². The molecule has 0 aliphatic carbocycles. The summed E-state index contributed by atoms with van der Waals surface area (Å²) < 4.78 is 7.78. The molecular weight excluding hydrogens is 369 g/mol. The summed E-state index contributed by atoms with van der Waals surface area (Å²) in [5.74, 6) is -0.447. The standard InChI is InChI=1S/C14H16IN3O2/c1-2-20-13(19)14(16,11-6-4-3-5-7-11)10-18-9-12(15)8-17-18/h3-9H,2,10,16H2,1H3. The fourth-order valence-corrected chi connectivity index (χ4v) is 2.40. The molecule has 0 saturated carbocycles. The maximum Gasteiger partial charge on any atom is 0.332 e. The maximum absolute atomic E-state index is 12.3. The number of carbonyl (C=O) groups is 1. The highest BCUT2D eigenvalue weighted by Crippen LogP contribution is 2.22. The van der Waals surface area contributed by atoms with E-state index >= 15 is 0 Å². The van der Waals surface area contributed by atoms with Gasteiger partial charge in [0.25, 0.3) is 0 Å². The number of carbonyl (C=O) groups excluding carboxylic acids is 1. The number of nitrogens with two attached hydrogens (primary N) is 1. The van der Waals surface area contributed by atoms with Crippen LogP contribution in [0.3, 0.4) is 0 Å². The zero-order chi connectivity index (χ0) is 14.6. The normalized spacial score (nSPS) is 13.8. The SMILES string of the molecule is CCOC(=O)C(N)(Cn1cc(I)cn1)c1ccccc1. The summed E-state index contributed by atoms with van der Waals surface area (Å²) in [5, 5.41) is 4.19. The Morgan fingerprint density at radius 3 is 2.70 bits per heavy atom. The topological polar surface area (TPSA) is 70.1 Å². The Balaban J connectivity index is 2.36. The van der Waals surface area contributed by atoms with Crippen molar-refractivity contribution >= 4 is 28.6 Å². The molecule has 2 N–H and O–H groups in total. The highest BCUT2D eigenvalue weighted by molar-refractivity contribution is 14.1. The molecule has 0 aliphatic heterocycles. The predicted octanol–water partition coefficient (Wildman–Crippen LogP) is 1.91. The first-order valence-electron chi connectivity index (χ1n) is 6.26. The zero-order valence-corrected chi connectivity index (χ0v) is 13.3. The molecule has 1 aromatic carbocycles. The molecule has 1 atom stereocenters. The van der Waals surface area contributed by atoms with E-state index < -0.39 is 11.5 Å². The molecule has 20 heavy (non-hydrogen) atoms. The number of ether oxygens (including phenoxy) is 1. The molecule has 0 saturated heterocycles. The fraction of sp³-hybridized carbons (Fsp3) is 0.286. The van der Waals surface area contributed by atoms with E-state index in [2.05, 4.69) is 27.7 Å². The Bertz CT molecular complexity index is 585. The van der Waals surface area contributed by atoms with Crippen LogP contribution in [-0.4, -0.2) is 22.4 Å². The van der Waals surface area contributed by atoms with Gasteiger partial charge in [0.2, 0.25) is 0 Å². The molecule has 6 heteroatoms. The molecule has 0 aliphatic rings. The first kappa shape index (κ1) is 15.0. The summed E-state index contributed by atoms with van der Waals surface area (Å²) in [7, 11) is 0. The molecule has 5 nitrogen and oxygen atoms in total. The Kier molecular flexibility index (Phi) is 4.77. The van der Waals surface area contributed by atoms with Crippen molar-refractivity contribution in [3.63, 3.8) is 0 Å². The second kappa shape index (κ2) is 6.36. The van der Waals surface area contributed by atoms with Crippen molar-refractivity contribution in [1.29, 1.82) is 0 Å². The van der Waals surface area contributed by atoms with Crippen molar-refractivity contribution in [3.8, 4) is 0 Å². The quantitative estimate of drug-likeness (QED) is 0.631. The van der Waals surface area contributed by atoms with E-state index in [1.54, 1.807) is 17.8 Å². The van der Waals surface area contributed by atoms with Gasteiger partial charge in [-0.25, -0.2) is 4.79 Å². The van der Waals surface area contributed by atoms with Crippen LogP contribution in [0.4, 0.5) is 0 Å². The van der Waals surface area contributed by atoms with E-state index in [4.69, 9.17) is 10.5 Å². The number of halogens is 1. The Morgan fingerprint density at radius 2 is 2.15 bits per heavy atom. The Hall–Kier alpha value is -1.41. The van der Waals surface area contributed by atoms with Crippen LogP contribution in [-0.2, 0) is 21.6 Å². The lowest BCUT2D eigenvalue weighted by atomic mass is 9.91. The van der Waals surface area contributed by atoms with Crippen LogP contribution in [0.1, 0.15) is 12.5 Å². The van der Waals surface area contributed by atoms with Gasteiger partial charge in [0.05, 0.1) is 22.9 Å². The third kappa shape index (κ3) is 3.18. The van der Waals surface area contributed by atoms with Crippen molar-refractivity contribution in [2.24, 2.45) is 5.73 Å². The minimum atomic E-state index is -1.24. The van der Waals surface area contributed by atoms with Gasteiger partial charge in [-0.15, -0.1) is 0 Å². The summed E-state index contributed by atoms with van der Waals surface area (Å²) in [4.78, 5) is 12.3. The van der Waals surface area contributed by atoms with Gasteiger partial charge in [-0.1, -0.05) is 30.3 Å². The summed E-state index contributed by atoms with van der Waals surface area (Å²) in [6.07, 6.45) is 3.56. The molecule has 2 aromatic rings. The van der Waals surface area contributed by atoms with Gasteiger partial charge < -0.3 is 10.5 Å². The second-order valence-corrected chi connectivity index (χ2v) is 5.66. The first-order chi connectivity index (χ1) is 9.56. The molecule has 0 fully saturated rings. The first-order valence-corrected chi connectivity index (χ1v) is 7.33. The van der Waals surface area contributed by atoms with Gasteiger partial charge in [0, 0.05) is 6.20 Å². The number of hydrogen-bond acceptors (Lipinski definition) is 4. The number of hydrogen-bond donors (Lipinski definition) is 1. The summed E-state index contributed by atoms with van der Waals surface area (Å²) in [6, 6.07) is 9.23. The summed E-state index contributed by atoms with van der Waals surface area (Å²) in [6.45, 7) is 2.29. The van der Waals surface area contributed by atoms with E-state index in [0.29, 0.717) is 12.2 Å². The molecule has 0 spiro atoms. The van der Waals surface area contributed by atoms with Crippen molar-refractivity contribution in [2.75, 3.05) is 6.61 Å². The van der Waals surface area contributed by atoms with Crippen LogP contribution < -0.4 is 5.73 Å². The maximum atomic E-state index is 12.3. The van der Waals surface area contributed by atoms with E-state index in [-0.39, 0.29) is 6.54 Å². The van der Waals surface area contributed by atoms with Crippen molar-refractivity contribution in [3.05, 3.63) is 51.9 Å². The zero-order valence-electron chi connectivity index (χ0n) is 11.1. The predicted molar refractivity (Wildman–Crippen MR) is 83.9 cm³/mol. The number of benzene rings is 1. The fourth-order valence-electron chi connectivity index (χ4n) is 1.95. The van der Waals surface area contributed by atoms with Gasteiger partial charge in [0.1, 0.15) is 0 Å². The van der Waals surface area contributed by atoms with Gasteiger partial charge in [-0.05, 0) is 35.1 Å². The monoisotopic (exact) mass is 385 g/mol. The van der Waals surface area contributed by atoms with Crippen molar-refractivity contribution in [1.82, 2.24) is 9.78 Å². The van der Waals surface area contributed by atoms with Crippen LogP contribution in [0, 0.1) is 3.57 Å². The number of esters is 1. The molecule has 0 radical (unpaired) electrons. The minimum Gasteiger partial charge on any atom is -0.464 e. The second-order valence-electron chi connectivity index (χ2n) is 4.41. The highest BCUT2D eigenvalue weighted by atomic mass is 127. The van der Waals surface area contributed by atoms with E-state index in [9.17, 15) is 4.79 Å². The number of rotatable bonds is 5. The Labute approximate surface area is 131 Å². The smallest absolute Gasteiger partial charge is 0.332 e. The molecule has 0 amide bonds. The molecule has 106 valence electrons. The largest absolute Gasteiger partial charge is 0.464 e. The molecule has 1 aromatic heterocycles. The lowest BCUT2D eigenvalue weighted by Gasteiger charge is -2.27. The van der Waals surface area contributed by atoms with Crippen LogP contribution in [0.5, 0.6) is 0 Å². The lowest BCUT2D eigenvalue weighted by Crippen LogP contribution is -2.49. The van der Waals surface area contributed by atoms with Crippen molar-refractivity contribution < 1.29 is 9.53 Å². The third-order valence-electron chi connectivity index (χ3n) is 2.94. The van der Waals surface area contributed by atoms with Gasteiger partial charge in [0.15, 0.2) is 5.54 Å². The molecule has 1 heterocycles. The minimum absolute atomic E-state index is 0.235. The Morgan fingerprint density at radius 1 is 1.45 bits per heavy atom. The molecular formula is C14H16IN3O2. The number of nitrogens with zero attached hydrogens (tertiary/aromatic N) is 2. The molecule has 0 bridgehead atoms. The van der Waals surface area contributed by atoms with E-state index in [0.717, 1.165) is 3.57 Å². The van der Waals surface area contributed by atoms with Crippen LogP contribution in [0.25, 0.3) is 0 Å². The van der Waals surface area contributed by atoms with E-state index in [1.165, 1.54) is 0 Å². The van der Waals surface area contributed by atoms with Gasteiger partial charge in [-0.3, -0.25) is 4.68 Å². The average molecular weight is 385 g/mol. The van der Waals surface area contributed by atoms with Crippen LogP contribution in [0.15, 0.2) is 42.7 Å². The van der Waals surface area contributed by atoms with E-state index in [1.807, 2.05) is 36.5 Å². The van der Waals surface area contributed by atoms with Crippen LogP contribution >= 0.6 is 22.6 Å². The third-order valence-corrected chi connectivity index (χ3v) is 3.50. The molecule has 1 unspecified atom stereocenters.